The molecular formula is C20H33N3O. The molecule has 0 spiro atoms. The average Bonchev–Trinajstić information content (AvgIpc) is 2.54. The Bertz CT molecular complexity index is 513. The Morgan fingerprint density at radius 1 is 1.25 bits per heavy atom. The summed E-state index contributed by atoms with van der Waals surface area (Å²) in [6.45, 7) is 6.72. The van der Waals surface area contributed by atoms with Gasteiger partial charge in [-0.25, -0.2) is 0 Å². The van der Waals surface area contributed by atoms with Crippen molar-refractivity contribution in [2.24, 2.45) is 17.3 Å². The predicted molar refractivity (Wildman–Crippen MR) is 98.6 cm³/mol. The van der Waals surface area contributed by atoms with Crippen LogP contribution in [0.3, 0.4) is 0 Å². The maximum absolute atomic E-state index is 12.0. The molecule has 0 unspecified atom stereocenters. The van der Waals surface area contributed by atoms with E-state index in [2.05, 4.69) is 41.4 Å². The number of carbonyl (C=O) groups excluding carboxylic acids is 1. The zero-order valence-corrected chi connectivity index (χ0v) is 15.9. The second-order valence-corrected chi connectivity index (χ2v) is 8.40. The SMILES string of the molecule is CN(C)[C@@H](c1ccccn1)C1CCC(CNC(=O)C(C)(C)C)CC1. The molecule has 1 aromatic rings. The largest absolute Gasteiger partial charge is 0.355 e. The summed E-state index contributed by atoms with van der Waals surface area (Å²) < 4.78 is 0. The lowest BCUT2D eigenvalue weighted by molar-refractivity contribution is -0.128. The van der Waals surface area contributed by atoms with Crippen LogP contribution in [0.15, 0.2) is 24.4 Å². The van der Waals surface area contributed by atoms with Crippen molar-refractivity contribution in [2.45, 2.75) is 52.5 Å². The van der Waals surface area contributed by atoms with Gasteiger partial charge in [0.25, 0.3) is 0 Å². The van der Waals surface area contributed by atoms with E-state index in [0.29, 0.717) is 17.9 Å². The molecule has 4 heteroatoms. The molecule has 1 aliphatic rings. The number of rotatable bonds is 5. The number of hydrogen-bond donors (Lipinski definition) is 1. The van der Waals surface area contributed by atoms with Crippen molar-refractivity contribution in [3.05, 3.63) is 30.1 Å². The smallest absolute Gasteiger partial charge is 0.225 e. The summed E-state index contributed by atoms with van der Waals surface area (Å²) in [4.78, 5) is 18.9. The van der Waals surface area contributed by atoms with Crippen molar-refractivity contribution in [2.75, 3.05) is 20.6 Å². The van der Waals surface area contributed by atoms with Gasteiger partial charge in [0.15, 0.2) is 0 Å². The number of carbonyl (C=O) groups is 1. The molecule has 0 aromatic carbocycles. The first kappa shape index (κ1) is 18.9. The van der Waals surface area contributed by atoms with Crippen LogP contribution in [0.2, 0.25) is 0 Å². The van der Waals surface area contributed by atoms with Gasteiger partial charge in [0.2, 0.25) is 5.91 Å². The van der Waals surface area contributed by atoms with E-state index in [1.165, 1.54) is 31.4 Å². The van der Waals surface area contributed by atoms with Gasteiger partial charge in [-0.3, -0.25) is 9.78 Å². The summed E-state index contributed by atoms with van der Waals surface area (Å²) in [7, 11) is 4.30. The third kappa shape index (κ3) is 5.04. The molecule has 0 saturated heterocycles. The number of nitrogens with one attached hydrogen (secondary N) is 1. The molecule has 1 amide bonds. The number of aromatic nitrogens is 1. The number of pyridine rings is 1. The van der Waals surface area contributed by atoms with E-state index in [9.17, 15) is 4.79 Å². The minimum absolute atomic E-state index is 0.157. The van der Waals surface area contributed by atoms with Gasteiger partial charge in [-0.05, 0) is 63.7 Å². The highest BCUT2D eigenvalue weighted by atomic mass is 16.2. The van der Waals surface area contributed by atoms with Crippen LogP contribution < -0.4 is 5.32 Å². The van der Waals surface area contributed by atoms with Crippen LogP contribution >= 0.6 is 0 Å². The standard InChI is InChI=1S/C20H33N3O/c1-20(2,3)19(24)22-14-15-9-11-16(12-10-15)18(23(4)5)17-8-6-7-13-21-17/h6-8,13,15-16,18H,9-12,14H2,1-5H3,(H,22,24)/t15?,16?,18-/m1/s1. The maximum Gasteiger partial charge on any atom is 0.225 e. The zero-order chi connectivity index (χ0) is 17.7. The summed E-state index contributed by atoms with van der Waals surface area (Å²) >= 11 is 0. The molecule has 1 heterocycles. The highest BCUT2D eigenvalue weighted by Crippen LogP contribution is 2.38. The summed E-state index contributed by atoms with van der Waals surface area (Å²) in [6, 6.07) is 6.58. The van der Waals surface area contributed by atoms with Gasteiger partial charge in [0, 0.05) is 18.2 Å². The van der Waals surface area contributed by atoms with Gasteiger partial charge in [-0.2, -0.15) is 0 Å². The molecule has 1 saturated carbocycles. The van der Waals surface area contributed by atoms with Crippen molar-refractivity contribution in [3.8, 4) is 0 Å². The zero-order valence-electron chi connectivity index (χ0n) is 15.9. The second kappa shape index (κ2) is 8.11. The molecule has 1 aromatic heterocycles. The molecule has 134 valence electrons. The second-order valence-electron chi connectivity index (χ2n) is 8.40. The summed E-state index contributed by atoms with van der Waals surface area (Å²) in [5.41, 5.74) is 0.874. The Morgan fingerprint density at radius 3 is 2.42 bits per heavy atom. The van der Waals surface area contributed by atoms with Gasteiger partial charge in [-0.15, -0.1) is 0 Å². The van der Waals surface area contributed by atoms with Crippen LogP contribution in [-0.4, -0.2) is 36.4 Å². The van der Waals surface area contributed by atoms with Gasteiger partial charge >= 0.3 is 0 Å². The van der Waals surface area contributed by atoms with Crippen molar-refractivity contribution >= 4 is 5.91 Å². The van der Waals surface area contributed by atoms with Crippen LogP contribution in [0, 0.1) is 17.3 Å². The number of hydrogen-bond acceptors (Lipinski definition) is 3. The molecule has 1 N–H and O–H groups in total. The molecule has 0 bridgehead atoms. The highest BCUT2D eigenvalue weighted by molar-refractivity contribution is 5.81. The van der Waals surface area contributed by atoms with Gasteiger partial charge in [0.1, 0.15) is 0 Å². The lowest BCUT2D eigenvalue weighted by atomic mass is 9.77. The molecule has 0 radical (unpaired) electrons. The predicted octanol–water partition coefficient (Wildman–Crippen LogP) is 3.65. The van der Waals surface area contributed by atoms with E-state index in [-0.39, 0.29) is 11.3 Å². The molecule has 2 rings (SSSR count). The molecule has 4 nitrogen and oxygen atoms in total. The quantitative estimate of drug-likeness (QED) is 0.896. The van der Waals surface area contributed by atoms with E-state index in [0.717, 1.165) is 6.54 Å². The van der Waals surface area contributed by atoms with Crippen molar-refractivity contribution in [3.63, 3.8) is 0 Å². The van der Waals surface area contributed by atoms with E-state index in [1.807, 2.05) is 33.0 Å². The number of nitrogens with zero attached hydrogens (tertiary/aromatic N) is 2. The van der Waals surface area contributed by atoms with Crippen molar-refractivity contribution < 1.29 is 4.79 Å². The van der Waals surface area contributed by atoms with Crippen LogP contribution in [0.25, 0.3) is 0 Å². The Morgan fingerprint density at radius 2 is 1.92 bits per heavy atom. The Kier molecular flexibility index (Phi) is 6.39. The molecule has 1 fully saturated rings. The molecule has 24 heavy (non-hydrogen) atoms. The third-order valence-electron chi connectivity index (χ3n) is 5.12. The number of amides is 1. The van der Waals surface area contributed by atoms with Crippen LogP contribution in [0.1, 0.15) is 58.2 Å². The van der Waals surface area contributed by atoms with E-state index in [1.54, 1.807) is 0 Å². The minimum atomic E-state index is -0.299. The molecule has 1 aliphatic carbocycles. The summed E-state index contributed by atoms with van der Waals surface area (Å²) in [5, 5.41) is 3.13. The first-order chi connectivity index (χ1) is 11.3. The van der Waals surface area contributed by atoms with Crippen LogP contribution in [0.4, 0.5) is 0 Å². The lowest BCUT2D eigenvalue weighted by Gasteiger charge is -2.37. The Hall–Kier alpha value is -1.42. The maximum atomic E-state index is 12.0. The molecule has 1 atom stereocenters. The minimum Gasteiger partial charge on any atom is -0.355 e. The lowest BCUT2D eigenvalue weighted by Crippen LogP contribution is -2.39. The molecule has 0 aliphatic heterocycles. The third-order valence-corrected chi connectivity index (χ3v) is 5.12. The average molecular weight is 332 g/mol. The van der Waals surface area contributed by atoms with E-state index >= 15 is 0 Å². The summed E-state index contributed by atoms with van der Waals surface area (Å²) in [6.07, 6.45) is 6.67. The monoisotopic (exact) mass is 331 g/mol. The van der Waals surface area contributed by atoms with Crippen LogP contribution in [0.5, 0.6) is 0 Å². The summed E-state index contributed by atoms with van der Waals surface area (Å²) in [5.74, 6) is 1.41. The first-order valence-electron chi connectivity index (χ1n) is 9.14. The van der Waals surface area contributed by atoms with Gasteiger partial charge < -0.3 is 10.2 Å². The Labute approximate surface area is 147 Å². The van der Waals surface area contributed by atoms with E-state index in [4.69, 9.17) is 0 Å². The normalized spacial score (nSPS) is 23.1. The van der Waals surface area contributed by atoms with Gasteiger partial charge in [-0.1, -0.05) is 26.8 Å². The molecular weight excluding hydrogens is 298 g/mol. The van der Waals surface area contributed by atoms with Crippen molar-refractivity contribution in [1.29, 1.82) is 0 Å². The fourth-order valence-corrected chi connectivity index (χ4v) is 3.69. The van der Waals surface area contributed by atoms with Crippen LogP contribution in [-0.2, 0) is 4.79 Å². The fourth-order valence-electron chi connectivity index (χ4n) is 3.69. The van der Waals surface area contributed by atoms with Gasteiger partial charge in [0.05, 0.1) is 11.7 Å². The van der Waals surface area contributed by atoms with Crippen molar-refractivity contribution in [1.82, 2.24) is 15.2 Å². The fraction of sp³-hybridized carbons (Fsp3) is 0.700. The first-order valence-corrected chi connectivity index (χ1v) is 9.14. The highest BCUT2D eigenvalue weighted by Gasteiger charge is 2.31. The van der Waals surface area contributed by atoms with E-state index < -0.39 is 0 Å². The topological polar surface area (TPSA) is 45.2 Å². The Balaban J connectivity index is 1.88.